The predicted octanol–water partition coefficient (Wildman–Crippen LogP) is 5.13. The molecule has 33 heavy (non-hydrogen) atoms. The number of hydrogen-bond acceptors (Lipinski definition) is 6. The molecule has 4 aromatic rings. The first-order valence-electron chi connectivity index (χ1n) is 11.1. The molecule has 0 bridgehead atoms. The highest BCUT2D eigenvalue weighted by atomic mass is 32.2. The van der Waals surface area contributed by atoms with Gasteiger partial charge in [-0.05, 0) is 61.9 Å². The second-order valence-electron chi connectivity index (χ2n) is 8.50. The van der Waals surface area contributed by atoms with Gasteiger partial charge in [-0.3, -0.25) is 14.2 Å². The summed E-state index contributed by atoms with van der Waals surface area (Å²) < 4.78 is 7.02. The number of rotatable bonds is 6. The molecule has 3 aromatic heterocycles. The zero-order chi connectivity index (χ0) is 22.9. The quantitative estimate of drug-likeness (QED) is 0.306. The van der Waals surface area contributed by atoms with Crippen LogP contribution in [0.2, 0.25) is 0 Å². The number of fused-ring (bicyclic) bond motifs is 3. The molecule has 5 rings (SSSR count). The molecule has 2 atom stereocenters. The van der Waals surface area contributed by atoms with Crippen LogP contribution in [-0.2, 0) is 17.6 Å². The maximum atomic E-state index is 13.7. The molecule has 8 heteroatoms. The van der Waals surface area contributed by atoms with Crippen LogP contribution in [0.4, 0.5) is 0 Å². The van der Waals surface area contributed by atoms with Crippen LogP contribution < -0.4 is 10.9 Å². The highest BCUT2D eigenvalue weighted by molar-refractivity contribution is 7.99. The Hall–Kier alpha value is -2.84. The number of hydrogen-bond donors (Lipinski definition) is 1. The van der Waals surface area contributed by atoms with Gasteiger partial charge < -0.3 is 9.73 Å². The van der Waals surface area contributed by atoms with E-state index in [1.807, 2.05) is 43.3 Å². The molecular weight excluding hydrogens is 454 g/mol. The number of amides is 1. The van der Waals surface area contributed by atoms with Crippen LogP contribution in [0.5, 0.6) is 0 Å². The number of furan rings is 1. The molecule has 0 aliphatic heterocycles. The van der Waals surface area contributed by atoms with E-state index in [-0.39, 0.29) is 23.3 Å². The third kappa shape index (κ3) is 4.37. The number of para-hydroxylation sites is 1. The number of benzene rings is 1. The van der Waals surface area contributed by atoms with E-state index in [0.29, 0.717) is 16.8 Å². The molecule has 0 spiro atoms. The second kappa shape index (κ2) is 9.19. The molecule has 170 valence electrons. The summed E-state index contributed by atoms with van der Waals surface area (Å²) in [4.78, 5) is 33.3. The van der Waals surface area contributed by atoms with Crippen molar-refractivity contribution in [3.8, 4) is 5.69 Å². The van der Waals surface area contributed by atoms with E-state index in [2.05, 4.69) is 12.2 Å². The van der Waals surface area contributed by atoms with Crippen LogP contribution in [-0.4, -0.2) is 21.2 Å². The zero-order valence-electron chi connectivity index (χ0n) is 18.5. The third-order valence-electron chi connectivity index (χ3n) is 5.99. The van der Waals surface area contributed by atoms with Crippen molar-refractivity contribution in [1.29, 1.82) is 0 Å². The van der Waals surface area contributed by atoms with Crippen molar-refractivity contribution in [3.63, 3.8) is 0 Å². The molecule has 1 N–H and O–H groups in total. The highest BCUT2D eigenvalue weighted by Crippen LogP contribution is 2.37. The summed E-state index contributed by atoms with van der Waals surface area (Å²) in [5.41, 5.74) is 1.87. The monoisotopic (exact) mass is 479 g/mol. The Labute approximate surface area is 200 Å². The number of thiophene rings is 1. The molecule has 0 radical (unpaired) electrons. The second-order valence-corrected chi connectivity index (χ2v) is 10.5. The van der Waals surface area contributed by atoms with Crippen molar-refractivity contribution in [2.24, 2.45) is 5.92 Å². The Morgan fingerprint density at radius 1 is 1.30 bits per heavy atom. The van der Waals surface area contributed by atoms with Crippen molar-refractivity contribution < 1.29 is 9.21 Å². The molecule has 2 unspecified atom stereocenters. The minimum atomic E-state index is -0.231. The Balaban J connectivity index is 1.49. The summed E-state index contributed by atoms with van der Waals surface area (Å²) in [6.45, 7) is 4.13. The Morgan fingerprint density at radius 2 is 2.12 bits per heavy atom. The van der Waals surface area contributed by atoms with E-state index in [0.717, 1.165) is 40.7 Å². The minimum absolute atomic E-state index is 0.0508. The van der Waals surface area contributed by atoms with E-state index in [9.17, 15) is 9.59 Å². The number of nitrogens with one attached hydrogen (secondary N) is 1. The number of aromatic nitrogens is 2. The summed E-state index contributed by atoms with van der Waals surface area (Å²) in [5, 5.41) is 4.22. The summed E-state index contributed by atoms with van der Waals surface area (Å²) in [6.07, 6.45) is 4.60. The van der Waals surface area contributed by atoms with Gasteiger partial charge in [0, 0.05) is 4.88 Å². The number of aryl methyl sites for hydroxylation is 1. The van der Waals surface area contributed by atoms with E-state index in [4.69, 9.17) is 9.40 Å². The predicted molar refractivity (Wildman–Crippen MR) is 132 cm³/mol. The van der Waals surface area contributed by atoms with Crippen molar-refractivity contribution in [1.82, 2.24) is 14.9 Å². The summed E-state index contributed by atoms with van der Waals surface area (Å²) in [6, 6.07) is 12.9. The lowest BCUT2D eigenvalue weighted by Crippen LogP contribution is -2.28. The summed E-state index contributed by atoms with van der Waals surface area (Å²) in [5.74, 6) is 1.33. The van der Waals surface area contributed by atoms with Gasteiger partial charge in [-0.15, -0.1) is 11.3 Å². The van der Waals surface area contributed by atoms with Gasteiger partial charge in [0.05, 0.1) is 29.1 Å². The Morgan fingerprint density at radius 3 is 2.88 bits per heavy atom. The van der Waals surface area contributed by atoms with Gasteiger partial charge in [0.2, 0.25) is 5.91 Å². The van der Waals surface area contributed by atoms with Gasteiger partial charge in [-0.25, -0.2) is 4.98 Å². The lowest BCUT2D eigenvalue weighted by molar-refractivity contribution is -0.119. The molecule has 3 heterocycles. The van der Waals surface area contributed by atoms with Crippen LogP contribution in [0.3, 0.4) is 0 Å². The first-order chi connectivity index (χ1) is 16.0. The van der Waals surface area contributed by atoms with Gasteiger partial charge in [0.1, 0.15) is 10.6 Å². The highest BCUT2D eigenvalue weighted by Gasteiger charge is 2.25. The topological polar surface area (TPSA) is 77.1 Å². The van der Waals surface area contributed by atoms with Crippen LogP contribution >= 0.6 is 23.1 Å². The normalized spacial score (nSPS) is 16.5. The fraction of sp³-hybridized carbons (Fsp3) is 0.320. The van der Waals surface area contributed by atoms with Crippen LogP contribution in [0.1, 0.15) is 42.5 Å². The Kier molecular flexibility index (Phi) is 6.12. The molecule has 6 nitrogen and oxygen atoms in total. The third-order valence-corrected chi connectivity index (χ3v) is 8.08. The van der Waals surface area contributed by atoms with Crippen LogP contribution in [0.15, 0.2) is 63.1 Å². The molecule has 1 amide bonds. The molecule has 1 aromatic carbocycles. The maximum Gasteiger partial charge on any atom is 0.267 e. The van der Waals surface area contributed by atoms with E-state index >= 15 is 0 Å². The molecule has 0 fully saturated rings. The summed E-state index contributed by atoms with van der Waals surface area (Å²) >= 11 is 2.91. The van der Waals surface area contributed by atoms with Crippen molar-refractivity contribution in [2.45, 2.75) is 44.3 Å². The SMILES string of the molecule is CC1CCc2c(sc3nc(SCC(=O)NC(C)c4ccco4)n(-c4ccccc4)c(=O)c23)C1. The smallest absolute Gasteiger partial charge is 0.267 e. The van der Waals surface area contributed by atoms with Gasteiger partial charge in [0.25, 0.3) is 5.56 Å². The van der Waals surface area contributed by atoms with E-state index in [1.54, 1.807) is 28.2 Å². The summed E-state index contributed by atoms with van der Waals surface area (Å²) in [7, 11) is 0. The minimum Gasteiger partial charge on any atom is -0.467 e. The largest absolute Gasteiger partial charge is 0.467 e. The van der Waals surface area contributed by atoms with Crippen molar-refractivity contribution in [3.05, 3.63) is 75.3 Å². The molecule has 0 saturated heterocycles. The first-order valence-corrected chi connectivity index (χ1v) is 12.9. The van der Waals surface area contributed by atoms with Gasteiger partial charge >= 0.3 is 0 Å². The zero-order valence-corrected chi connectivity index (χ0v) is 20.2. The lowest BCUT2D eigenvalue weighted by Gasteiger charge is -2.18. The average Bonchev–Trinajstić information content (AvgIpc) is 3.46. The lowest BCUT2D eigenvalue weighted by atomic mass is 9.89. The van der Waals surface area contributed by atoms with Crippen molar-refractivity contribution >= 4 is 39.2 Å². The number of thioether (sulfide) groups is 1. The molecule has 0 saturated carbocycles. The number of carbonyl (C=O) groups is 1. The van der Waals surface area contributed by atoms with Crippen molar-refractivity contribution in [2.75, 3.05) is 5.75 Å². The average molecular weight is 480 g/mol. The van der Waals surface area contributed by atoms with E-state index < -0.39 is 0 Å². The van der Waals surface area contributed by atoms with Crippen LogP contribution in [0.25, 0.3) is 15.9 Å². The van der Waals surface area contributed by atoms with Gasteiger partial charge in [0.15, 0.2) is 5.16 Å². The number of nitrogens with zero attached hydrogens (tertiary/aromatic N) is 2. The fourth-order valence-electron chi connectivity index (χ4n) is 4.29. The fourth-order valence-corrected chi connectivity index (χ4v) is 6.54. The van der Waals surface area contributed by atoms with Gasteiger partial charge in [-0.1, -0.05) is 36.9 Å². The van der Waals surface area contributed by atoms with Crippen LogP contribution in [0, 0.1) is 5.92 Å². The Bertz CT molecular complexity index is 1340. The standard InChI is InChI=1S/C25H25N3O3S2/c1-15-10-11-18-20(13-15)33-23-22(18)24(30)28(17-7-4-3-5-8-17)25(27-23)32-14-21(29)26-16(2)19-9-6-12-31-19/h3-9,12,15-16H,10-11,13-14H2,1-2H3,(H,26,29). The van der Waals surface area contributed by atoms with Gasteiger partial charge in [-0.2, -0.15) is 0 Å². The first kappa shape index (κ1) is 22.0. The molecular formula is C25H25N3O3S2. The maximum absolute atomic E-state index is 13.7. The molecule has 1 aliphatic carbocycles. The molecule has 1 aliphatic rings. The van der Waals surface area contributed by atoms with E-state index in [1.165, 1.54) is 16.6 Å². The number of carbonyl (C=O) groups excluding carboxylic acids is 1.